The van der Waals surface area contributed by atoms with Gasteiger partial charge in [0.2, 0.25) is 10.0 Å². The van der Waals surface area contributed by atoms with Gasteiger partial charge in [0.25, 0.3) is 0 Å². The monoisotopic (exact) mass is 316 g/mol. The molecule has 5 nitrogen and oxygen atoms in total. The molecular formula is C14H21FN2O3S. The molecule has 0 aromatic heterocycles. The molecular weight excluding hydrogens is 295 g/mol. The lowest BCUT2D eigenvalue weighted by Gasteiger charge is -2.23. The number of nitrogen functional groups attached to an aromatic ring is 1. The van der Waals surface area contributed by atoms with Crippen LogP contribution in [0.3, 0.4) is 0 Å². The van der Waals surface area contributed by atoms with Crippen LogP contribution < -0.4 is 5.73 Å². The molecule has 0 radical (unpaired) electrons. The van der Waals surface area contributed by atoms with E-state index in [1.807, 2.05) is 0 Å². The molecule has 21 heavy (non-hydrogen) atoms. The second-order valence-corrected chi connectivity index (χ2v) is 7.23. The van der Waals surface area contributed by atoms with Crippen LogP contribution in [0, 0.1) is 18.7 Å². The SMILES string of the molecule is CCN(CC1CCOC1)S(=O)(=O)c1cc(N)c(C)cc1F. The summed E-state index contributed by atoms with van der Waals surface area (Å²) >= 11 is 0. The smallest absolute Gasteiger partial charge is 0.246 e. The molecule has 118 valence electrons. The molecule has 1 atom stereocenters. The van der Waals surface area contributed by atoms with E-state index in [-0.39, 0.29) is 23.0 Å². The zero-order chi connectivity index (χ0) is 15.6. The van der Waals surface area contributed by atoms with Crippen molar-refractivity contribution in [3.8, 4) is 0 Å². The summed E-state index contributed by atoms with van der Waals surface area (Å²) in [5, 5.41) is 0. The predicted octanol–water partition coefficient (Wildman–Crippen LogP) is 1.76. The van der Waals surface area contributed by atoms with E-state index >= 15 is 0 Å². The Labute approximate surface area is 124 Å². The Morgan fingerprint density at radius 1 is 1.48 bits per heavy atom. The molecule has 1 aliphatic rings. The number of halogens is 1. The Hall–Kier alpha value is -1.18. The van der Waals surface area contributed by atoms with Crippen molar-refractivity contribution in [1.82, 2.24) is 4.31 Å². The number of rotatable bonds is 5. The van der Waals surface area contributed by atoms with Crippen LogP contribution in [0.1, 0.15) is 18.9 Å². The quantitative estimate of drug-likeness (QED) is 0.840. The molecule has 2 N–H and O–H groups in total. The highest BCUT2D eigenvalue weighted by Crippen LogP contribution is 2.26. The molecule has 1 fully saturated rings. The largest absolute Gasteiger partial charge is 0.398 e. The van der Waals surface area contributed by atoms with Crippen LogP contribution in [0.5, 0.6) is 0 Å². The van der Waals surface area contributed by atoms with Crippen LogP contribution in [0.4, 0.5) is 10.1 Å². The highest BCUT2D eigenvalue weighted by molar-refractivity contribution is 7.89. The second-order valence-electron chi connectivity index (χ2n) is 5.32. The topological polar surface area (TPSA) is 72.6 Å². The van der Waals surface area contributed by atoms with Crippen molar-refractivity contribution in [3.05, 3.63) is 23.5 Å². The van der Waals surface area contributed by atoms with Gasteiger partial charge in [-0.15, -0.1) is 0 Å². The number of hydrogen-bond acceptors (Lipinski definition) is 4. The maximum Gasteiger partial charge on any atom is 0.246 e. The zero-order valence-corrected chi connectivity index (χ0v) is 13.1. The van der Waals surface area contributed by atoms with E-state index in [0.29, 0.717) is 25.3 Å². The normalized spacial score (nSPS) is 19.3. The number of nitrogens with two attached hydrogens (primary N) is 1. The van der Waals surface area contributed by atoms with E-state index in [2.05, 4.69) is 0 Å². The fourth-order valence-corrected chi connectivity index (χ4v) is 4.02. The van der Waals surface area contributed by atoms with E-state index in [4.69, 9.17) is 10.5 Å². The Morgan fingerprint density at radius 3 is 2.76 bits per heavy atom. The van der Waals surface area contributed by atoms with Gasteiger partial charge in [0, 0.05) is 25.4 Å². The number of sulfonamides is 1. The van der Waals surface area contributed by atoms with Gasteiger partial charge in [-0.1, -0.05) is 6.92 Å². The first-order chi connectivity index (χ1) is 9.86. The first-order valence-corrected chi connectivity index (χ1v) is 8.43. The minimum absolute atomic E-state index is 0.158. The zero-order valence-electron chi connectivity index (χ0n) is 12.3. The second kappa shape index (κ2) is 6.29. The van der Waals surface area contributed by atoms with Gasteiger partial charge in [0.1, 0.15) is 10.7 Å². The summed E-state index contributed by atoms with van der Waals surface area (Å²) in [6.45, 7) is 5.20. The molecule has 0 bridgehead atoms. The predicted molar refractivity (Wildman–Crippen MR) is 78.9 cm³/mol. The third-order valence-corrected chi connectivity index (χ3v) is 5.73. The Balaban J connectivity index is 2.32. The number of hydrogen-bond donors (Lipinski definition) is 1. The van der Waals surface area contributed by atoms with Crippen LogP contribution in [0.15, 0.2) is 17.0 Å². The summed E-state index contributed by atoms with van der Waals surface area (Å²) in [4.78, 5) is -0.355. The van der Waals surface area contributed by atoms with Crippen molar-refractivity contribution in [2.45, 2.75) is 25.2 Å². The molecule has 0 saturated carbocycles. The molecule has 0 amide bonds. The maximum atomic E-state index is 14.1. The van der Waals surface area contributed by atoms with E-state index in [1.165, 1.54) is 10.4 Å². The average molecular weight is 316 g/mol. The lowest BCUT2D eigenvalue weighted by atomic mass is 10.1. The molecule has 0 aliphatic carbocycles. The molecule has 7 heteroatoms. The van der Waals surface area contributed by atoms with Crippen LogP contribution in [0.25, 0.3) is 0 Å². The number of aryl methyl sites for hydroxylation is 1. The minimum Gasteiger partial charge on any atom is -0.398 e. The molecule has 1 aliphatic heterocycles. The van der Waals surface area contributed by atoms with Gasteiger partial charge in [-0.25, -0.2) is 12.8 Å². The van der Waals surface area contributed by atoms with Crippen LogP contribution in [-0.2, 0) is 14.8 Å². The summed E-state index contributed by atoms with van der Waals surface area (Å²) in [5.74, 6) is -0.603. The van der Waals surface area contributed by atoms with Gasteiger partial charge in [0.05, 0.1) is 6.61 Å². The summed E-state index contributed by atoms with van der Waals surface area (Å²) in [7, 11) is -3.89. The van der Waals surface area contributed by atoms with Gasteiger partial charge in [-0.05, 0) is 37.0 Å². The summed E-state index contributed by atoms with van der Waals surface area (Å²) in [6.07, 6.45) is 0.824. The first kappa shape index (κ1) is 16.2. The molecule has 1 heterocycles. The van der Waals surface area contributed by atoms with Crippen molar-refractivity contribution >= 4 is 15.7 Å². The van der Waals surface area contributed by atoms with Gasteiger partial charge in [-0.2, -0.15) is 4.31 Å². The summed E-state index contributed by atoms with van der Waals surface area (Å²) in [5.41, 5.74) is 6.52. The van der Waals surface area contributed by atoms with Gasteiger partial charge < -0.3 is 10.5 Å². The lowest BCUT2D eigenvalue weighted by molar-refractivity contribution is 0.180. The van der Waals surface area contributed by atoms with Crippen molar-refractivity contribution in [2.75, 3.05) is 32.0 Å². The highest BCUT2D eigenvalue weighted by Gasteiger charge is 2.30. The van der Waals surface area contributed by atoms with Crippen molar-refractivity contribution < 1.29 is 17.5 Å². The molecule has 1 aromatic carbocycles. The fourth-order valence-electron chi connectivity index (χ4n) is 2.42. The third-order valence-electron chi connectivity index (χ3n) is 3.78. The van der Waals surface area contributed by atoms with Gasteiger partial charge in [0.15, 0.2) is 0 Å². The van der Waals surface area contributed by atoms with Crippen molar-refractivity contribution in [1.29, 1.82) is 0 Å². The Morgan fingerprint density at radius 2 is 2.19 bits per heavy atom. The van der Waals surface area contributed by atoms with Gasteiger partial charge in [-0.3, -0.25) is 0 Å². The Kier molecular flexibility index (Phi) is 4.85. The van der Waals surface area contributed by atoms with Gasteiger partial charge >= 0.3 is 0 Å². The molecule has 1 saturated heterocycles. The average Bonchev–Trinajstić information content (AvgIpc) is 2.92. The van der Waals surface area contributed by atoms with E-state index < -0.39 is 15.8 Å². The molecule has 0 spiro atoms. The van der Waals surface area contributed by atoms with Crippen LogP contribution >= 0.6 is 0 Å². The minimum atomic E-state index is -3.89. The third kappa shape index (κ3) is 3.36. The van der Waals surface area contributed by atoms with E-state index in [0.717, 1.165) is 12.5 Å². The van der Waals surface area contributed by atoms with E-state index in [9.17, 15) is 12.8 Å². The first-order valence-electron chi connectivity index (χ1n) is 6.99. The standard InChI is InChI=1S/C14H21FN2O3S/c1-3-17(8-11-4-5-20-9-11)21(18,19)14-7-13(16)10(2)6-12(14)15/h6-7,11H,3-5,8-9,16H2,1-2H3. The fraction of sp³-hybridized carbons (Fsp3) is 0.571. The Bertz CT molecular complexity index is 613. The molecule has 1 unspecified atom stereocenters. The van der Waals surface area contributed by atoms with Crippen LogP contribution in [0.2, 0.25) is 0 Å². The number of benzene rings is 1. The van der Waals surface area contributed by atoms with Crippen molar-refractivity contribution in [2.24, 2.45) is 5.92 Å². The number of anilines is 1. The van der Waals surface area contributed by atoms with Crippen molar-refractivity contribution in [3.63, 3.8) is 0 Å². The maximum absolute atomic E-state index is 14.1. The lowest BCUT2D eigenvalue weighted by Crippen LogP contribution is -2.36. The highest BCUT2D eigenvalue weighted by atomic mass is 32.2. The summed E-state index contributed by atoms with van der Waals surface area (Å²) in [6, 6.07) is 2.36. The van der Waals surface area contributed by atoms with E-state index in [1.54, 1.807) is 13.8 Å². The summed E-state index contributed by atoms with van der Waals surface area (Å²) < 4.78 is 45.9. The molecule has 2 rings (SSSR count). The number of nitrogens with zero attached hydrogens (tertiary/aromatic N) is 1. The number of ether oxygens (including phenoxy) is 1. The molecule has 1 aromatic rings. The van der Waals surface area contributed by atoms with Crippen LogP contribution in [-0.4, -0.2) is 39.0 Å².